The summed E-state index contributed by atoms with van der Waals surface area (Å²) in [6, 6.07) is 16.9. The predicted octanol–water partition coefficient (Wildman–Crippen LogP) is 3.73. The van der Waals surface area contributed by atoms with Crippen LogP contribution in [0.15, 0.2) is 66.9 Å². The van der Waals surface area contributed by atoms with Crippen molar-refractivity contribution in [2.45, 2.75) is 6.42 Å². The van der Waals surface area contributed by atoms with Crippen LogP contribution in [0.2, 0.25) is 0 Å². The summed E-state index contributed by atoms with van der Waals surface area (Å²) in [7, 11) is 1.56. The van der Waals surface area contributed by atoms with Crippen LogP contribution in [0.5, 0.6) is 5.88 Å². The van der Waals surface area contributed by atoms with Crippen molar-refractivity contribution < 1.29 is 13.9 Å². The third kappa shape index (κ3) is 3.83. The Bertz CT molecular complexity index is 1140. The second-order valence-corrected chi connectivity index (χ2v) is 6.24. The molecule has 0 radical (unpaired) electrons. The van der Waals surface area contributed by atoms with E-state index in [1.165, 1.54) is 12.1 Å². The Hall–Kier alpha value is -3.74. The summed E-state index contributed by atoms with van der Waals surface area (Å²) in [5.41, 5.74) is 3.68. The van der Waals surface area contributed by atoms with Crippen molar-refractivity contribution in [1.29, 1.82) is 0 Å². The lowest BCUT2D eigenvalue weighted by Crippen LogP contribution is -2.14. The van der Waals surface area contributed by atoms with E-state index in [2.05, 4.69) is 15.4 Å². The first kappa shape index (κ1) is 17.7. The number of ether oxygens (including phenoxy) is 1. The van der Waals surface area contributed by atoms with Gasteiger partial charge in [0.25, 0.3) is 0 Å². The zero-order valence-electron chi connectivity index (χ0n) is 15.1. The van der Waals surface area contributed by atoms with Crippen LogP contribution in [0.4, 0.5) is 10.1 Å². The van der Waals surface area contributed by atoms with E-state index in [-0.39, 0.29) is 18.1 Å². The molecule has 4 rings (SSSR count). The minimum absolute atomic E-state index is 0.169. The summed E-state index contributed by atoms with van der Waals surface area (Å²) in [4.78, 5) is 16.8. The lowest BCUT2D eigenvalue weighted by molar-refractivity contribution is -0.115. The Kier molecular flexibility index (Phi) is 4.72. The number of amides is 1. The predicted molar refractivity (Wildman–Crippen MR) is 104 cm³/mol. The molecule has 2 heterocycles. The van der Waals surface area contributed by atoms with Gasteiger partial charge in [-0.05, 0) is 35.9 Å². The number of imidazole rings is 1. The maximum Gasteiger partial charge on any atom is 0.231 e. The Morgan fingerprint density at radius 1 is 1.14 bits per heavy atom. The van der Waals surface area contributed by atoms with Crippen LogP contribution in [0.25, 0.3) is 16.9 Å². The zero-order chi connectivity index (χ0) is 19.5. The number of carbonyl (C=O) groups excluding carboxylic acids is 1. The average Bonchev–Trinajstić information content (AvgIpc) is 3.13. The summed E-state index contributed by atoms with van der Waals surface area (Å²) in [5, 5.41) is 7.16. The topological polar surface area (TPSA) is 68.5 Å². The number of fused-ring (bicyclic) bond motifs is 1. The molecule has 140 valence electrons. The van der Waals surface area contributed by atoms with E-state index in [0.717, 1.165) is 16.8 Å². The van der Waals surface area contributed by atoms with Gasteiger partial charge < -0.3 is 10.1 Å². The van der Waals surface area contributed by atoms with E-state index in [0.29, 0.717) is 17.2 Å². The first-order valence-electron chi connectivity index (χ1n) is 8.66. The molecule has 0 aliphatic carbocycles. The molecule has 28 heavy (non-hydrogen) atoms. The molecular weight excluding hydrogens is 359 g/mol. The molecule has 0 aliphatic heterocycles. The molecule has 7 heteroatoms. The highest BCUT2D eigenvalue weighted by Crippen LogP contribution is 2.23. The number of nitrogens with one attached hydrogen (secondary N) is 1. The molecule has 4 aromatic rings. The van der Waals surface area contributed by atoms with Crippen LogP contribution in [-0.2, 0) is 11.2 Å². The largest absolute Gasteiger partial charge is 0.480 e. The molecule has 0 atom stereocenters. The number of hydrogen-bond donors (Lipinski definition) is 1. The lowest BCUT2D eigenvalue weighted by atomic mass is 10.1. The lowest BCUT2D eigenvalue weighted by Gasteiger charge is -2.07. The van der Waals surface area contributed by atoms with E-state index < -0.39 is 0 Å². The first-order valence-corrected chi connectivity index (χ1v) is 8.66. The highest BCUT2D eigenvalue weighted by Gasteiger charge is 2.09. The SMILES string of the molecule is COc1ccc2nc(-c3cccc(NC(=O)Cc4ccc(F)cc4)c3)cn2n1. The highest BCUT2D eigenvalue weighted by atomic mass is 19.1. The fourth-order valence-electron chi connectivity index (χ4n) is 2.86. The Balaban J connectivity index is 1.52. The summed E-state index contributed by atoms with van der Waals surface area (Å²) in [6.45, 7) is 0. The molecule has 0 saturated carbocycles. The standard InChI is InChI=1S/C21H17FN4O2/c1-28-21-10-9-19-24-18(13-26(19)25-21)15-3-2-4-17(12-15)23-20(27)11-14-5-7-16(22)8-6-14/h2-10,12-13H,11H2,1H3,(H,23,27). The van der Waals surface area contributed by atoms with Crippen LogP contribution >= 0.6 is 0 Å². The minimum atomic E-state index is -0.323. The van der Waals surface area contributed by atoms with Crippen molar-refractivity contribution in [3.05, 3.63) is 78.2 Å². The van der Waals surface area contributed by atoms with Gasteiger partial charge >= 0.3 is 0 Å². The molecule has 0 unspecified atom stereocenters. The Labute approximate surface area is 160 Å². The quantitative estimate of drug-likeness (QED) is 0.576. The van der Waals surface area contributed by atoms with Gasteiger partial charge in [0, 0.05) is 17.3 Å². The maximum absolute atomic E-state index is 13.0. The smallest absolute Gasteiger partial charge is 0.231 e. The summed E-state index contributed by atoms with van der Waals surface area (Å²) < 4.78 is 19.8. The summed E-state index contributed by atoms with van der Waals surface area (Å²) in [5.74, 6) is -0.000145. The van der Waals surface area contributed by atoms with Gasteiger partial charge in [0.2, 0.25) is 11.8 Å². The van der Waals surface area contributed by atoms with Gasteiger partial charge in [-0.25, -0.2) is 13.9 Å². The number of hydrogen-bond acceptors (Lipinski definition) is 4. The van der Waals surface area contributed by atoms with Gasteiger partial charge in [-0.1, -0.05) is 24.3 Å². The average molecular weight is 376 g/mol. The summed E-state index contributed by atoms with van der Waals surface area (Å²) in [6.07, 6.45) is 1.97. The second kappa shape index (κ2) is 7.48. The molecule has 0 fully saturated rings. The molecule has 1 amide bonds. The number of rotatable bonds is 5. The molecular formula is C21H17FN4O2. The van der Waals surface area contributed by atoms with E-state index in [9.17, 15) is 9.18 Å². The molecule has 0 bridgehead atoms. The molecule has 2 aromatic carbocycles. The van der Waals surface area contributed by atoms with Gasteiger partial charge in [0.15, 0.2) is 5.65 Å². The zero-order valence-corrected chi connectivity index (χ0v) is 15.1. The van der Waals surface area contributed by atoms with E-state index >= 15 is 0 Å². The van der Waals surface area contributed by atoms with Crippen molar-refractivity contribution >= 4 is 17.2 Å². The Morgan fingerprint density at radius 2 is 1.96 bits per heavy atom. The van der Waals surface area contributed by atoms with Gasteiger partial charge in [0.1, 0.15) is 5.82 Å². The molecule has 1 N–H and O–H groups in total. The fraction of sp³-hybridized carbons (Fsp3) is 0.0952. The second-order valence-electron chi connectivity index (χ2n) is 6.24. The van der Waals surface area contributed by atoms with Crippen molar-refractivity contribution in [3.8, 4) is 17.1 Å². The fourth-order valence-corrected chi connectivity index (χ4v) is 2.86. The molecule has 6 nitrogen and oxygen atoms in total. The van der Waals surface area contributed by atoms with Crippen LogP contribution in [0, 0.1) is 5.82 Å². The third-order valence-corrected chi connectivity index (χ3v) is 4.22. The van der Waals surface area contributed by atoms with Gasteiger partial charge in [-0.15, -0.1) is 5.10 Å². The van der Waals surface area contributed by atoms with Crippen molar-refractivity contribution in [2.75, 3.05) is 12.4 Å². The number of aromatic nitrogens is 3. The minimum Gasteiger partial charge on any atom is -0.480 e. The van der Waals surface area contributed by atoms with E-state index in [4.69, 9.17) is 4.74 Å². The number of anilines is 1. The van der Waals surface area contributed by atoms with Crippen molar-refractivity contribution in [2.24, 2.45) is 0 Å². The molecule has 0 spiro atoms. The number of halogens is 1. The van der Waals surface area contributed by atoms with Crippen molar-refractivity contribution in [3.63, 3.8) is 0 Å². The van der Waals surface area contributed by atoms with Gasteiger partial charge in [-0.2, -0.15) is 0 Å². The molecule has 2 aromatic heterocycles. The van der Waals surface area contributed by atoms with Gasteiger partial charge in [0.05, 0.1) is 25.4 Å². The van der Waals surface area contributed by atoms with Crippen LogP contribution in [0.3, 0.4) is 0 Å². The normalized spacial score (nSPS) is 10.8. The first-order chi connectivity index (χ1) is 13.6. The maximum atomic E-state index is 13.0. The number of methoxy groups -OCH3 is 1. The highest BCUT2D eigenvalue weighted by molar-refractivity contribution is 5.92. The number of benzene rings is 2. The van der Waals surface area contributed by atoms with Crippen LogP contribution in [0.1, 0.15) is 5.56 Å². The molecule has 0 aliphatic rings. The Morgan fingerprint density at radius 3 is 2.75 bits per heavy atom. The summed E-state index contributed by atoms with van der Waals surface area (Å²) >= 11 is 0. The van der Waals surface area contributed by atoms with Crippen LogP contribution < -0.4 is 10.1 Å². The van der Waals surface area contributed by atoms with Crippen molar-refractivity contribution in [1.82, 2.24) is 14.6 Å². The monoisotopic (exact) mass is 376 g/mol. The van der Waals surface area contributed by atoms with E-state index in [1.807, 2.05) is 30.3 Å². The van der Waals surface area contributed by atoms with Gasteiger partial charge in [-0.3, -0.25) is 4.79 Å². The number of carbonyl (C=O) groups is 1. The molecule has 0 saturated heterocycles. The van der Waals surface area contributed by atoms with Crippen LogP contribution in [-0.4, -0.2) is 27.6 Å². The number of nitrogens with zero attached hydrogens (tertiary/aromatic N) is 3. The third-order valence-electron chi connectivity index (χ3n) is 4.22. The van der Waals surface area contributed by atoms with E-state index in [1.54, 1.807) is 36.0 Å².